The summed E-state index contributed by atoms with van der Waals surface area (Å²) in [6.45, 7) is 0. The number of carboxylic acids is 1. The van der Waals surface area contributed by atoms with Gasteiger partial charge in [0, 0.05) is 12.6 Å². The summed E-state index contributed by atoms with van der Waals surface area (Å²) in [5.41, 5.74) is 1.64. The van der Waals surface area contributed by atoms with Gasteiger partial charge in [0.1, 0.15) is 5.69 Å². The van der Waals surface area contributed by atoms with E-state index in [1.54, 1.807) is 12.3 Å². The lowest BCUT2D eigenvalue weighted by Gasteiger charge is -2.04. The van der Waals surface area contributed by atoms with Gasteiger partial charge in [-0.2, -0.15) is 0 Å². The summed E-state index contributed by atoms with van der Waals surface area (Å²) in [6.07, 6.45) is 2.90. The van der Waals surface area contributed by atoms with Gasteiger partial charge >= 0.3 is 5.97 Å². The first-order chi connectivity index (χ1) is 9.68. The molecule has 0 saturated carbocycles. The van der Waals surface area contributed by atoms with Crippen molar-refractivity contribution in [1.29, 1.82) is 0 Å². The molecule has 0 spiro atoms. The van der Waals surface area contributed by atoms with Crippen LogP contribution in [0.25, 0.3) is 0 Å². The standard InChI is InChI=1S/C16H12ClNO2/c17-15-12(7-5-10-14(15)16(19)20)6-1-2-8-13-9-3-4-11-18-13/h3-5,7,9-11H,1,6H2,(H,19,20). The van der Waals surface area contributed by atoms with E-state index in [1.807, 2.05) is 24.3 Å². The van der Waals surface area contributed by atoms with Crippen LogP contribution >= 0.6 is 11.6 Å². The Hall–Kier alpha value is -2.31. The van der Waals surface area contributed by atoms with Crippen molar-refractivity contribution in [3.63, 3.8) is 0 Å². The molecule has 0 saturated heterocycles. The third kappa shape index (κ3) is 3.59. The summed E-state index contributed by atoms with van der Waals surface area (Å²) in [4.78, 5) is 15.1. The van der Waals surface area contributed by atoms with Crippen LogP contribution in [0.15, 0.2) is 42.6 Å². The molecule has 1 aromatic carbocycles. The van der Waals surface area contributed by atoms with Gasteiger partial charge in [0.25, 0.3) is 0 Å². The lowest BCUT2D eigenvalue weighted by atomic mass is 10.1. The SMILES string of the molecule is O=C(O)c1cccc(CCC#Cc2ccccn2)c1Cl. The molecule has 0 unspecified atom stereocenters. The number of hydrogen-bond acceptors (Lipinski definition) is 2. The Bertz CT molecular complexity index is 672. The van der Waals surface area contributed by atoms with Crippen LogP contribution < -0.4 is 0 Å². The molecule has 4 heteroatoms. The average molecular weight is 286 g/mol. The van der Waals surface area contributed by atoms with Crippen LogP contribution in [-0.4, -0.2) is 16.1 Å². The molecule has 0 amide bonds. The minimum absolute atomic E-state index is 0.127. The van der Waals surface area contributed by atoms with Gasteiger partial charge in [-0.1, -0.05) is 35.7 Å². The van der Waals surface area contributed by atoms with Crippen LogP contribution in [0.4, 0.5) is 0 Å². The number of halogens is 1. The summed E-state index contributed by atoms with van der Waals surface area (Å²) in [6, 6.07) is 10.6. The number of hydrogen-bond donors (Lipinski definition) is 1. The highest BCUT2D eigenvalue weighted by atomic mass is 35.5. The second-order valence-electron chi connectivity index (χ2n) is 4.10. The predicted molar refractivity (Wildman–Crippen MR) is 77.8 cm³/mol. The second-order valence-corrected chi connectivity index (χ2v) is 4.48. The fourth-order valence-corrected chi connectivity index (χ4v) is 2.03. The van der Waals surface area contributed by atoms with Gasteiger partial charge in [-0.25, -0.2) is 9.78 Å². The molecule has 1 N–H and O–H groups in total. The molecule has 0 aliphatic rings. The van der Waals surface area contributed by atoms with Crippen molar-refractivity contribution >= 4 is 17.6 Å². The quantitative estimate of drug-likeness (QED) is 0.879. The summed E-state index contributed by atoms with van der Waals surface area (Å²) in [5, 5.41) is 9.28. The zero-order valence-corrected chi connectivity index (χ0v) is 11.4. The normalized spacial score (nSPS) is 9.65. The maximum atomic E-state index is 11.0. The van der Waals surface area contributed by atoms with E-state index in [4.69, 9.17) is 16.7 Å². The van der Waals surface area contributed by atoms with Crippen LogP contribution in [0, 0.1) is 11.8 Å². The Morgan fingerprint density at radius 1 is 1.25 bits per heavy atom. The molecule has 0 radical (unpaired) electrons. The molecule has 2 aromatic rings. The van der Waals surface area contributed by atoms with Crippen molar-refractivity contribution in [1.82, 2.24) is 4.98 Å². The maximum Gasteiger partial charge on any atom is 0.337 e. The fraction of sp³-hybridized carbons (Fsp3) is 0.125. The Morgan fingerprint density at radius 2 is 2.10 bits per heavy atom. The molecule has 0 fully saturated rings. The lowest BCUT2D eigenvalue weighted by Crippen LogP contribution is -1.99. The van der Waals surface area contributed by atoms with Gasteiger partial charge in [0.2, 0.25) is 0 Å². The topological polar surface area (TPSA) is 50.2 Å². The lowest BCUT2D eigenvalue weighted by molar-refractivity contribution is 0.0697. The third-order valence-electron chi connectivity index (χ3n) is 2.71. The molecule has 1 heterocycles. The molecular formula is C16H12ClNO2. The van der Waals surface area contributed by atoms with E-state index in [0.29, 0.717) is 17.9 Å². The highest BCUT2D eigenvalue weighted by Gasteiger charge is 2.11. The Balaban J connectivity index is 2.04. The first-order valence-corrected chi connectivity index (χ1v) is 6.47. The summed E-state index contributed by atoms with van der Waals surface area (Å²) >= 11 is 6.06. The molecular weight excluding hydrogens is 274 g/mol. The van der Waals surface area contributed by atoms with Crippen LogP contribution in [0.2, 0.25) is 5.02 Å². The minimum Gasteiger partial charge on any atom is -0.478 e. The average Bonchev–Trinajstić information content (AvgIpc) is 2.46. The Labute approximate surface area is 122 Å². The fourth-order valence-electron chi connectivity index (χ4n) is 1.72. The number of aromatic nitrogens is 1. The van der Waals surface area contributed by atoms with E-state index in [9.17, 15) is 4.79 Å². The van der Waals surface area contributed by atoms with E-state index in [0.717, 1.165) is 11.3 Å². The van der Waals surface area contributed by atoms with E-state index in [-0.39, 0.29) is 5.56 Å². The molecule has 0 aliphatic heterocycles. The molecule has 1 aromatic heterocycles. The van der Waals surface area contributed by atoms with E-state index in [1.165, 1.54) is 6.07 Å². The van der Waals surface area contributed by atoms with Crippen molar-refractivity contribution < 1.29 is 9.90 Å². The number of aryl methyl sites for hydroxylation is 1. The van der Waals surface area contributed by atoms with Crippen LogP contribution in [0.5, 0.6) is 0 Å². The van der Waals surface area contributed by atoms with Gasteiger partial charge in [0.05, 0.1) is 10.6 Å². The van der Waals surface area contributed by atoms with Crippen LogP contribution in [0.1, 0.15) is 28.0 Å². The number of rotatable bonds is 3. The van der Waals surface area contributed by atoms with Crippen molar-refractivity contribution in [2.45, 2.75) is 12.8 Å². The molecule has 3 nitrogen and oxygen atoms in total. The van der Waals surface area contributed by atoms with Crippen LogP contribution in [-0.2, 0) is 6.42 Å². The molecule has 0 bridgehead atoms. The molecule has 2 rings (SSSR count). The number of benzene rings is 1. The summed E-state index contributed by atoms with van der Waals surface area (Å²) in [7, 11) is 0. The number of carbonyl (C=O) groups is 1. The first kappa shape index (κ1) is 14.1. The van der Waals surface area contributed by atoms with Crippen LogP contribution in [0.3, 0.4) is 0 Å². The van der Waals surface area contributed by atoms with Gasteiger partial charge in [-0.3, -0.25) is 0 Å². The van der Waals surface area contributed by atoms with Crippen molar-refractivity contribution in [2.24, 2.45) is 0 Å². The molecule has 100 valence electrons. The Morgan fingerprint density at radius 3 is 2.80 bits per heavy atom. The van der Waals surface area contributed by atoms with Gasteiger partial charge in [-0.15, -0.1) is 0 Å². The minimum atomic E-state index is -1.02. The first-order valence-electron chi connectivity index (χ1n) is 6.09. The van der Waals surface area contributed by atoms with Crippen molar-refractivity contribution in [3.05, 3.63) is 64.4 Å². The second kappa shape index (κ2) is 6.74. The number of carboxylic acid groups (broad SMARTS) is 1. The highest BCUT2D eigenvalue weighted by Crippen LogP contribution is 2.22. The highest BCUT2D eigenvalue weighted by molar-refractivity contribution is 6.34. The molecule has 0 aliphatic carbocycles. The van der Waals surface area contributed by atoms with Gasteiger partial charge in [-0.05, 0) is 36.1 Å². The monoisotopic (exact) mass is 285 g/mol. The zero-order valence-electron chi connectivity index (χ0n) is 10.6. The summed E-state index contributed by atoms with van der Waals surface area (Å²) in [5.74, 6) is 4.94. The smallest absolute Gasteiger partial charge is 0.337 e. The maximum absolute atomic E-state index is 11.0. The number of nitrogens with zero attached hydrogens (tertiary/aromatic N) is 1. The van der Waals surface area contributed by atoms with Crippen molar-refractivity contribution in [2.75, 3.05) is 0 Å². The van der Waals surface area contributed by atoms with E-state index >= 15 is 0 Å². The number of aromatic carboxylic acids is 1. The number of pyridine rings is 1. The largest absolute Gasteiger partial charge is 0.478 e. The molecule has 0 atom stereocenters. The Kier molecular flexibility index (Phi) is 4.75. The van der Waals surface area contributed by atoms with E-state index < -0.39 is 5.97 Å². The predicted octanol–water partition coefficient (Wildman–Crippen LogP) is 3.42. The third-order valence-corrected chi connectivity index (χ3v) is 3.16. The molecule has 20 heavy (non-hydrogen) atoms. The van der Waals surface area contributed by atoms with E-state index in [2.05, 4.69) is 16.8 Å². The van der Waals surface area contributed by atoms with Crippen molar-refractivity contribution in [3.8, 4) is 11.8 Å². The summed E-state index contributed by atoms with van der Waals surface area (Å²) < 4.78 is 0. The van der Waals surface area contributed by atoms with Gasteiger partial charge in [0.15, 0.2) is 0 Å². The van der Waals surface area contributed by atoms with Gasteiger partial charge < -0.3 is 5.11 Å². The zero-order chi connectivity index (χ0) is 14.4.